The van der Waals surface area contributed by atoms with Crippen LogP contribution in [-0.4, -0.2) is 41.6 Å². The SMILES string of the molecule is CCNC(=S)N1C[C@H](C(=O)NC2CC2)[C@@H](c2ccc(F)cc2)C1. The number of nitrogens with zero attached hydrogens (tertiary/aromatic N) is 1. The van der Waals surface area contributed by atoms with Gasteiger partial charge in [-0.15, -0.1) is 0 Å². The molecule has 0 aromatic heterocycles. The second-order valence-corrected chi connectivity index (χ2v) is 6.67. The lowest BCUT2D eigenvalue weighted by molar-refractivity contribution is -0.125. The number of thiocarbonyl (C=S) groups is 1. The van der Waals surface area contributed by atoms with Gasteiger partial charge < -0.3 is 15.5 Å². The number of amides is 1. The van der Waals surface area contributed by atoms with Crippen molar-refractivity contribution in [2.75, 3.05) is 19.6 Å². The van der Waals surface area contributed by atoms with Gasteiger partial charge in [0.25, 0.3) is 0 Å². The van der Waals surface area contributed by atoms with E-state index in [-0.39, 0.29) is 23.6 Å². The number of carbonyl (C=O) groups excluding carboxylic acids is 1. The highest BCUT2D eigenvalue weighted by molar-refractivity contribution is 7.80. The van der Waals surface area contributed by atoms with Gasteiger partial charge in [-0.25, -0.2) is 4.39 Å². The number of carbonyl (C=O) groups is 1. The summed E-state index contributed by atoms with van der Waals surface area (Å²) in [5.41, 5.74) is 0.990. The summed E-state index contributed by atoms with van der Waals surface area (Å²) in [7, 11) is 0. The van der Waals surface area contributed by atoms with Crippen LogP contribution in [0.2, 0.25) is 0 Å². The maximum absolute atomic E-state index is 13.2. The van der Waals surface area contributed by atoms with Crippen LogP contribution in [0.25, 0.3) is 0 Å². The van der Waals surface area contributed by atoms with E-state index < -0.39 is 0 Å². The van der Waals surface area contributed by atoms with Crippen LogP contribution in [0.4, 0.5) is 4.39 Å². The van der Waals surface area contributed by atoms with E-state index >= 15 is 0 Å². The monoisotopic (exact) mass is 335 g/mol. The average molecular weight is 335 g/mol. The minimum Gasteiger partial charge on any atom is -0.363 e. The van der Waals surface area contributed by atoms with Gasteiger partial charge in [0.2, 0.25) is 5.91 Å². The molecule has 0 unspecified atom stereocenters. The van der Waals surface area contributed by atoms with Crippen LogP contribution in [-0.2, 0) is 4.79 Å². The van der Waals surface area contributed by atoms with Gasteiger partial charge >= 0.3 is 0 Å². The standard InChI is InChI=1S/C17H22FN3OS/c1-2-19-17(23)21-9-14(11-3-5-12(18)6-4-11)15(10-21)16(22)20-13-7-8-13/h3-6,13-15H,2,7-10H2,1H3,(H,19,23)(H,20,22)/t14-,15+/m1/s1. The molecule has 0 bridgehead atoms. The Balaban J connectivity index is 1.78. The topological polar surface area (TPSA) is 44.4 Å². The van der Waals surface area contributed by atoms with E-state index in [4.69, 9.17) is 12.2 Å². The van der Waals surface area contributed by atoms with Gasteiger partial charge in [-0.3, -0.25) is 4.79 Å². The Morgan fingerprint density at radius 2 is 2.00 bits per heavy atom. The Labute approximate surface area is 141 Å². The van der Waals surface area contributed by atoms with E-state index in [2.05, 4.69) is 10.6 Å². The van der Waals surface area contributed by atoms with Crippen LogP contribution in [0.5, 0.6) is 0 Å². The molecule has 4 nitrogen and oxygen atoms in total. The molecule has 0 radical (unpaired) electrons. The van der Waals surface area contributed by atoms with Crippen molar-refractivity contribution >= 4 is 23.2 Å². The lowest BCUT2D eigenvalue weighted by Gasteiger charge is -2.19. The number of halogens is 1. The Morgan fingerprint density at radius 1 is 1.30 bits per heavy atom. The normalized spacial score (nSPS) is 23.7. The molecule has 124 valence electrons. The Hall–Kier alpha value is -1.69. The van der Waals surface area contributed by atoms with E-state index in [1.165, 1.54) is 12.1 Å². The largest absolute Gasteiger partial charge is 0.363 e. The van der Waals surface area contributed by atoms with Gasteiger partial charge in [0.15, 0.2) is 5.11 Å². The molecular weight excluding hydrogens is 313 g/mol. The molecule has 1 aliphatic heterocycles. The van der Waals surface area contributed by atoms with Gasteiger partial charge in [0, 0.05) is 31.6 Å². The highest BCUT2D eigenvalue weighted by Crippen LogP contribution is 2.34. The zero-order valence-electron chi connectivity index (χ0n) is 13.2. The summed E-state index contributed by atoms with van der Waals surface area (Å²) in [5.74, 6) is -0.294. The molecule has 6 heteroatoms. The molecule has 2 aliphatic rings. The number of likely N-dealkylation sites (tertiary alicyclic amines) is 1. The minimum atomic E-state index is -0.259. The van der Waals surface area contributed by atoms with Crippen LogP contribution in [0.3, 0.4) is 0 Å². The third kappa shape index (κ3) is 3.80. The van der Waals surface area contributed by atoms with Crippen molar-refractivity contribution < 1.29 is 9.18 Å². The molecule has 2 atom stereocenters. The van der Waals surface area contributed by atoms with Gasteiger partial charge in [-0.2, -0.15) is 0 Å². The molecular formula is C17H22FN3OS. The number of hydrogen-bond acceptors (Lipinski definition) is 2. The molecule has 1 saturated heterocycles. The summed E-state index contributed by atoms with van der Waals surface area (Å²) >= 11 is 5.40. The van der Waals surface area contributed by atoms with Crippen molar-refractivity contribution in [3.05, 3.63) is 35.6 Å². The van der Waals surface area contributed by atoms with Crippen LogP contribution < -0.4 is 10.6 Å². The van der Waals surface area contributed by atoms with E-state index in [0.717, 1.165) is 24.9 Å². The number of hydrogen-bond donors (Lipinski definition) is 2. The predicted octanol–water partition coefficient (Wildman–Crippen LogP) is 2.01. The summed E-state index contributed by atoms with van der Waals surface area (Å²) in [6.07, 6.45) is 2.14. The molecule has 1 heterocycles. The van der Waals surface area contributed by atoms with Crippen LogP contribution in [0.1, 0.15) is 31.2 Å². The molecule has 1 saturated carbocycles. The van der Waals surface area contributed by atoms with Crippen LogP contribution in [0, 0.1) is 11.7 Å². The Morgan fingerprint density at radius 3 is 2.61 bits per heavy atom. The molecule has 23 heavy (non-hydrogen) atoms. The Bertz CT molecular complexity index is 588. The lowest BCUT2D eigenvalue weighted by atomic mass is 9.88. The minimum absolute atomic E-state index is 0.0333. The van der Waals surface area contributed by atoms with Crippen molar-refractivity contribution in [3.63, 3.8) is 0 Å². The highest BCUT2D eigenvalue weighted by Gasteiger charge is 2.40. The van der Waals surface area contributed by atoms with E-state index in [1.807, 2.05) is 11.8 Å². The second kappa shape index (κ2) is 6.83. The number of nitrogens with one attached hydrogen (secondary N) is 2. The third-order valence-electron chi connectivity index (χ3n) is 4.49. The molecule has 1 amide bonds. The summed E-state index contributed by atoms with van der Waals surface area (Å²) in [6.45, 7) is 4.04. The zero-order valence-corrected chi connectivity index (χ0v) is 14.0. The lowest BCUT2D eigenvalue weighted by Crippen LogP contribution is -2.40. The molecule has 3 rings (SSSR count). The summed E-state index contributed by atoms with van der Waals surface area (Å²) in [6, 6.07) is 6.80. The molecule has 2 fully saturated rings. The first-order chi connectivity index (χ1) is 11.1. The fraction of sp³-hybridized carbons (Fsp3) is 0.529. The van der Waals surface area contributed by atoms with E-state index in [1.54, 1.807) is 12.1 Å². The van der Waals surface area contributed by atoms with E-state index in [0.29, 0.717) is 24.2 Å². The summed E-state index contributed by atoms with van der Waals surface area (Å²) in [4.78, 5) is 14.6. The fourth-order valence-electron chi connectivity index (χ4n) is 3.08. The van der Waals surface area contributed by atoms with Crippen LogP contribution >= 0.6 is 12.2 Å². The number of rotatable bonds is 4. The fourth-order valence-corrected chi connectivity index (χ4v) is 3.38. The van der Waals surface area contributed by atoms with Crippen molar-refractivity contribution in [2.45, 2.75) is 31.7 Å². The van der Waals surface area contributed by atoms with Crippen molar-refractivity contribution in [1.29, 1.82) is 0 Å². The molecule has 0 spiro atoms. The van der Waals surface area contributed by atoms with Crippen molar-refractivity contribution in [1.82, 2.24) is 15.5 Å². The second-order valence-electron chi connectivity index (χ2n) is 6.29. The molecule has 1 aliphatic carbocycles. The Kier molecular flexibility index (Phi) is 4.80. The van der Waals surface area contributed by atoms with Crippen molar-refractivity contribution in [3.8, 4) is 0 Å². The molecule has 1 aromatic carbocycles. The average Bonchev–Trinajstić information content (AvgIpc) is 3.23. The van der Waals surface area contributed by atoms with Gasteiger partial charge in [-0.1, -0.05) is 12.1 Å². The van der Waals surface area contributed by atoms with Gasteiger partial charge in [-0.05, 0) is 49.7 Å². The van der Waals surface area contributed by atoms with E-state index in [9.17, 15) is 9.18 Å². The first-order valence-electron chi connectivity index (χ1n) is 8.17. The van der Waals surface area contributed by atoms with Crippen LogP contribution in [0.15, 0.2) is 24.3 Å². The number of benzene rings is 1. The molecule has 2 N–H and O–H groups in total. The highest BCUT2D eigenvalue weighted by atomic mass is 32.1. The summed E-state index contributed by atoms with van der Waals surface area (Å²) < 4.78 is 13.2. The predicted molar refractivity (Wildman–Crippen MR) is 91.6 cm³/mol. The zero-order chi connectivity index (χ0) is 16.4. The maximum atomic E-state index is 13.2. The first kappa shape index (κ1) is 16.2. The first-order valence-corrected chi connectivity index (χ1v) is 8.58. The van der Waals surface area contributed by atoms with Crippen molar-refractivity contribution in [2.24, 2.45) is 5.92 Å². The van der Waals surface area contributed by atoms with Gasteiger partial charge in [0.05, 0.1) is 5.92 Å². The maximum Gasteiger partial charge on any atom is 0.225 e. The summed E-state index contributed by atoms with van der Waals surface area (Å²) in [5, 5.41) is 6.92. The van der Waals surface area contributed by atoms with Gasteiger partial charge in [0.1, 0.15) is 5.82 Å². The smallest absolute Gasteiger partial charge is 0.225 e. The quantitative estimate of drug-likeness (QED) is 0.827. The molecule has 1 aromatic rings. The third-order valence-corrected chi connectivity index (χ3v) is 4.90.